The van der Waals surface area contributed by atoms with Crippen LogP contribution < -0.4 is 9.47 Å². The molecule has 1 aromatic carbocycles. The average Bonchev–Trinajstić information content (AvgIpc) is 3.28. The Morgan fingerprint density at radius 3 is 2.83 bits per heavy atom. The summed E-state index contributed by atoms with van der Waals surface area (Å²) in [6.07, 6.45) is 0.151. The number of amides is 1. The lowest BCUT2D eigenvalue weighted by Gasteiger charge is -2.22. The second-order valence-corrected chi connectivity index (χ2v) is 6.17. The summed E-state index contributed by atoms with van der Waals surface area (Å²) in [5, 5.41) is 1.85. The second kappa shape index (κ2) is 7.35. The molecule has 0 spiro atoms. The van der Waals surface area contributed by atoms with Crippen molar-refractivity contribution in [3.05, 3.63) is 46.2 Å². The van der Waals surface area contributed by atoms with Gasteiger partial charge in [-0.25, -0.2) is 0 Å². The zero-order valence-corrected chi connectivity index (χ0v) is 14.0. The summed E-state index contributed by atoms with van der Waals surface area (Å²) in [6.45, 7) is 0.876. The summed E-state index contributed by atoms with van der Waals surface area (Å²) in [6, 6.07) is 9.18. The molecule has 0 aliphatic carbocycles. The number of fused-ring (bicyclic) bond motifs is 1. The Hall–Kier alpha value is -2.54. The predicted molar refractivity (Wildman–Crippen MR) is 88.3 cm³/mol. The van der Waals surface area contributed by atoms with E-state index in [0.717, 1.165) is 5.56 Å². The molecule has 0 N–H and O–H groups in total. The fourth-order valence-corrected chi connectivity index (χ4v) is 3.09. The van der Waals surface area contributed by atoms with Gasteiger partial charge in [-0.1, -0.05) is 12.1 Å². The molecule has 2 heterocycles. The molecule has 0 fully saturated rings. The van der Waals surface area contributed by atoms with Crippen molar-refractivity contribution >= 4 is 23.2 Å². The SMILES string of the molecule is COC(=O)CCN(Cc1ccc2c(c1)OCO2)C(=O)c1cccs1. The number of benzene rings is 1. The summed E-state index contributed by atoms with van der Waals surface area (Å²) < 4.78 is 15.3. The van der Waals surface area contributed by atoms with Crippen LogP contribution >= 0.6 is 11.3 Å². The van der Waals surface area contributed by atoms with Crippen LogP contribution in [0.3, 0.4) is 0 Å². The minimum absolute atomic E-state index is 0.105. The first kappa shape index (κ1) is 16.3. The Bertz CT molecular complexity index is 729. The van der Waals surface area contributed by atoms with Gasteiger partial charge in [0.15, 0.2) is 11.5 Å². The quantitative estimate of drug-likeness (QED) is 0.752. The van der Waals surface area contributed by atoms with Crippen molar-refractivity contribution in [2.75, 3.05) is 20.4 Å². The summed E-state index contributed by atoms with van der Waals surface area (Å²) in [5.74, 6) is 0.921. The van der Waals surface area contributed by atoms with Crippen molar-refractivity contribution in [3.8, 4) is 11.5 Å². The number of hydrogen-bond acceptors (Lipinski definition) is 6. The van der Waals surface area contributed by atoms with Gasteiger partial charge in [0.2, 0.25) is 6.79 Å². The third-order valence-corrected chi connectivity index (χ3v) is 4.50. The van der Waals surface area contributed by atoms with E-state index in [9.17, 15) is 9.59 Å². The lowest BCUT2D eigenvalue weighted by molar-refractivity contribution is -0.140. The van der Waals surface area contributed by atoms with E-state index in [1.54, 1.807) is 11.0 Å². The van der Waals surface area contributed by atoms with E-state index in [2.05, 4.69) is 4.74 Å². The monoisotopic (exact) mass is 347 g/mol. The average molecular weight is 347 g/mol. The van der Waals surface area contributed by atoms with Crippen molar-refractivity contribution in [2.45, 2.75) is 13.0 Å². The Morgan fingerprint density at radius 1 is 1.25 bits per heavy atom. The molecule has 0 atom stereocenters. The number of ether oxygens (including phenoxy) is 3. The fraction of sp³-hybridized carbons (Fsp3) is 0.294. The number of esters is 1. The van der Waals surface area contributed by atoms with Gasteiger partial charge in [0.1, 0.15) is 0 Å². The molecule has 3 rings (SSSR count). The van der Waals surface area contributed by atoms with Crippen LogP contribution in [0, 0.1) is 0 Å². The van der Waals surface area contributed by atoms with Crippen LogP contribution in [0.25, 0.3) is 0 Å². The number of hydrogen-bond donors (Lipinski definition) is 0. The molecule has 2 aromatic rings. The molecule has 0 unspecified atom stereocenters. The molecule has 24 heavy (non-hydrogen) atoms. The Labute approximate surface area is 143 Å². The van der Waals surface area contributed by atoms with Crippen LogP contribution in [0.4, 0.5) is 0 Å². The highest BCUT2D eigenvalue weighted by atomic mass is 32.1. The molecular formula is C17H17NO5S. The first-order valence-corrected chi connectivity index (χ1v) is 8.33. The summed E-state index contributed by atoms with van der Waals surface area (Å²) in [7, 11) is 1.34. The Balaban J connectivity index is 1.76. The molecule has 0 saturated carbocycles. The molecule has 1 amide bonds. The van der Waals surface area contributed by atoms with E-state index in [-0.39, 0.29) is 31.6 Å². The van der Waals surface area contributed by atoms with Crippen LogP contribution in [-0.4, -0.2) is 37.2 Å². The van der Waals surface area contributed by atoms with Gasteiger partial charge in [0, 0.05) is 13.1 Å². The highest BCUT2D eigenvalue weighted by Crippen LogP contribution is 2.33. The van der Waals surface area contributed by atoms with Gasteiger partial charge in [-0.05, 0) is 29.1 Å². The van der Waals surface area contributed by atoms with Gasteiger partial charge in [-0.2, -0.15) is 0 Å². The normalized spacial score (nSPS) is 12.0. The minimum atomic E-state index is -0.343. The van der Waals surface area contributed by atoms with Crippen molar-refractivity contribution in [3.63, 3.8) is 0 Å². The Kier molecular flexibility index (Phi) is 5.00. The summed E-state index contributed by atoms with van der Waals surface area (Å²) in [5.41, 5.74) is 0.911. The highest BCUT2D eigenvalue weighted by molar-refractivity contribution is 7.12. The van der Waals surface area contributed by atoms with Crippen LogP contribution in [0.2, 0.25) is 0 Å². The van der Waals surface area contributed by atoms with Gasteiger partial charge in [0.25, 0.3) is 5.91 Å². The van der Waals surface area contributed by atoms with Crippen LogP contribution in [0.5, 0.6) is 11.5 Å². The van der Waals surface area contributed by atoms with Gasteiger partial charge < -0.3 is 19.1 Å². The number of carbonyl (C=O) groups is 2. The molecular weight excluding hydrogens is 330 g/mol. The molecule has 126 valence electrons. The molecule has 1 aliphatic rings. The predicted octanol–water partition coefficient (Wildman–Crippen LogP) is 2.68. The molecule has 0 saturated heterocycles. The molecule has 6 nitrogen and oxygen atoms in total. The molecule has 7 heteroatoms. The maximum absolute atomic E-state index is 12.7. The molecule has 0 bridgehead atoms. The van der Waals surface area contributed by atoms with E-state index in [0.29, 0.717) is 22.9 Å². The fourth-order valence-electron chi connectivity index (χ4n) is 2.40. The number of rotatable bonds is 6. The van der Waals surface area contributed by atoms with E-state index in [1.165, 1.54) is 18.4 Å². The number of nitrogens with zero attached hydrogens (tertiary/aromatic N) is 1. The number of thiophene rings is 1. The third-order valence-electron chi connectivity index (χ3n) is 3.64. The second-order valence-electron chi connectivity index (χ2n) is 5.22. The zero-order chi connectivity index (χ0) is 16.9. The van der Waals surface area contributed by atoms with Gasteiger partial charge in [-0.3, -0.25) is 9.59 Å². The summed E-state index contributed by atoms with van der Waals surface area (Å²) in [4.78, 5) is 26.4. The van der Waals surface area contributed by atoms with Crippen molar-refractivity contribution in [1.82, 2.24) is 4.90 Å². The topological polar surface area (TPSA) is 65.1 Å². The highest BCUT2D eigenvalue weighted by Gasteiger charge is 2.20. The van der Waals surface area contributed by atoms with Crippen LogP contribution in [-0.2, 0) is 16.1 Å². The Morgan fingerprint density at radius 2 is 2.08 bits per heavy atom. The zero-order valence-electron chi connectivity index (χ0n) is 13.2. The van der Waals surface area contributed by atoms with Crippen molar-refractivity contribution < 1.29 is 23.8 Å². The lowest BCUT2D eigenvalue weighted by Crippen LogP contribution is -2.32. The first-order valence-electron chi connectivity index (χ1n) is 7.45. The van der Waals surface area contributed by atoms with Crippen molar-refractivity contribution in [2.24, 2.45) is 0 Å². The van der Waals surface area contributed by atoms with E-state index >= 15 is 0 Å². The van der Waals surface area contributed by atoms with Crippen LogP contribution in [0.1, 0.15) is 21.7 Å². The maximum atomic E-state index is 12.7. The minimum Gasteiger partial charge on any atom is -0.469 e. The third kappa shape index (κ3) is 3.68. The van der Waals surface area contributed by atoms with Crippen molar-refractivity contribution in [1.29, 1.82) is 0 Å². The van der Waals surface area contributed by atoms with Crippen LogP contribution in [0.15, 0.2) is 35.7 Å². The van der Waals surface area contributed by atoms with E-state index in [1.807, 2.05) is 29.6 Å². The first-order chi connectivity index (χ1) is 11.7. The van der Waals surface area contributed by atoms with E-state index < -0.39 is 0 Å². The molecule has 1 aliphatic heterocycles. The van der Waals surface area contributed by atoms with Gasteiger partial charge in [-0.15, -0.1) is 11.3 Å². The summed E-state index contributed by atoms with van der Waals surface area (Å²) >= 11 is 1.38. The van der Waals surface area contributed by atoms with E-state index in [4.69, 9.17) is 9.47 Å². The smallest absolute Gasteiger partial charge is 0.307 e. The van der Waals surface area contributed by atoms with Gasteiger partial charge >= 0.3 is 5.97 Å². The number of carbonyl (C=O) groups excluding carboxylic acids is 2. The lowest BCUT2D eigenvalue weighted by atomic mass is 10.1. The largest absolute Gasteiger partial charge is 0.469 e. The molecule has 1 aromatic heterocycles. The standard InChI is InChI=1S/C17H17NO5S/c1-21-16(19)6-7-18(17(20)15-3-2-8-24-15)10-12-4-5-13-14(9-12)23-11-22-13/h2-5,8-9H,6-7,10-11H2,1H3. The molecule has 0 radical (unpaired) electrons. The maximum Gasteiger partial charge on any atom is 0.307 e. The van der Waals surface area contributed by atoms with Gasteiger partial charge in [0.05, 0.1) is 18.4 Å². The number of methoxy groups -OCH3 is 1.